The van der Waals surface area contributed by atoms with Crippen LogP contribution >= 0.6 is 0 Å². The molecule has 0 spiro atoms. The molecule has 0 N–H and O–H groups in total. The second kappa shape index (κ2) is 9.10. The van der Waals surface area contributed by atoms with E-state index in [0.29, 0.717) is 31.5 Å². The van der Waals surface area contributed by atoms with Crippen LogP contribution in [0.4, 0.5) is 13.6 Å². The van der Waals surface area contributed by atoms with Gasteiger partial charge in [0.25, 0.3) is 6.43 Å². The number of hydrogen-bond donors (Lipinski definition) is 0. The van der Waals surface area contributed by atoms with Crippen LogP contribution in [0.5, 0.6) is 0 Å². The summed E-state index contributed by atoms with van der Waals surface area (Å²) in [5.41, 5.74) is -0.655. The summed E-state index contributed by atoms with van der Waals surface area (Å²) in [6.07, 6.45) is -1.15. The van der Waals surface area contributed by atoms with E-state index >= 15 is 0 Å². The van der Waals surface area contributed by atoms with Gasteiger partial charge in [-0.25, -0.2) is 13.6 Å². The van der Waals surface area contributed by atoms with E-state index in [-0.39, 0.29) is 5.56 Å². The van der Waals surface area contributed by atoms with Crippen molar-refractivity contribution in [1.29, 1.82) is 0 Å². The van der Waals surface area contributed by atoms with Crippen LogP contribution in [0, 0.1) is 0 Å². The summed E-state index contributed by atoms with van der Waals surface area (Å²) in [6, 6.07) is 5.87. The van der Waals surface area contributed by atoms with Gasteiger partial charge < -0.3 is 14.4 Å². The zero-order valence-corrected chi connectivity index (χ0v) is 16.2. The fourth-order valence-corrected chi connectivity index (χ4v) is 2.85. The maximum Gasteiger partial charge on any atom is 0.410 e. The van der Waals surface area contributed by atoms with Crippen LogP contribution in [0.25, 0.3) is 0 Å². The lowest BCUT2D eigenvalue weighted by Gasteiger charge is -2.39. The van der Waals surface area contributed by atoms with Gasteiger partial charge in [0.15, 0.2) is 0 Å². The molecule has 1 saturated heterocycles. The minimum Gasteiger partial charge on any atom is -0.444 e. The molecule has 0 aromatic heterocycles. The van der Waals surface area contributed by atoms with Crippen molar-refractivity contribution in [3.63, 3.8) is 0 Å². The molecule has 1 amide bonds. The Balaban J connectivity index is 0.00000163. The summed E-state index contributed by atoms with van der Waals surface area (Å²) in [5.74, 6) is 0. The number of carbonyl (C=O) groups is 2. The van der Waals surface area contributed by atoms with E-state index < -0.39 is 23.5 Å². The van der Waals surface area contributed by atoms with E-state index in [0.717, 1.165) is 6.29 Å². The van der Waals surface area contributed by atoms with Crippen molar-refractivity contribution in [2.75, 3.05) is 13.1 Å². The van der Waals surface area contributed by atoms with Gasteiger partial charge in [-0.3, -0.25) is 0 Å². The van der Waals surface area contributed by atoms with Crippen LogP contribution in [0.2, 0.25) is 0 Å². The molecule has 26 heavy (non-hydrogen) atoms. The molecule has 1 aliphatic rings. The molecule has 6 heteroatoms. The van der Waals surface area contributed by atoms with Crippen molar-refractivity contribution in [3.05, 3.63) is 35.4 Å². The average Bonchev–Trinajstić information content (AvgIpc) is 2.62. The predicted molar refractivity (Wildman–Crippen MR) is 97.5 cm³/mol. The Morgan fingerprint density at radius 2 is 1.65 bits per heavy atom. The molecule has 1 heterocycles. The molecular weight excluding hydrogens is 340 g/mol. The lowest BCUT2D eigenvalue weighted by Crippen LogP contribution is -2.47. The Morgan fingerprint density at radius 1 is 1.15 bits per heavy atom. The molecule has 0 radical (unpaired) electrons. The van der Waals surface area contributed by atoms with Gasteiger partial charge in [-0.1, -0.05) is 38.1 Å². The number of hydrogen-bond acceptors (Lipinski definition) is 3. The van der Waals surface area contributed by atoms with Crippen LogP contribution in [0.1, 0.15) is 65.0 Å². The minimum atomic E-state index is -2.53. The Labute approximate surface area is 154 Å². The molecular formula is C20H29F2NO3. The van der Waals surface area contributed by atoms with Crippen molar-refractivity contribution in [2.24, 2.45) is 0 Å². The topological polar surface area (TPSA) is 46.6 Å². The lowest BCUT2D eigenvalue weighted by atomic mass is 9.74. The van der Waals surface area contributed by atoms with Crippen molar-refractivity contribution < 1.29 is 23.1 Å². The van der Waals surface area contributed by atoms with Crippen molar-refractivity contribution >= 4 is 12.4 Å². The van der Waals surface area contributed by atoms with Crippen LogP contribution in [-0.2, 0) is 14.9 Å². The second-order valence-corrected chi connectivity index (χ2v) is 7.16. The molecule has 0 unspecified atom stereocenters. The first-order valence-electron chi connectivity index (χ1n) is 9.00. The standard InChI is InChI=1S/C18H23F2NO3.C2H6/c1-17(2,3)24-16(23)21-10-8-18(12-22,9-11-21)14-6-4-13(5-7-14)15(19)20;1-2/h4-7,12,15H,8-11H2,1-3H3;1-2H3. The van der Waals surface area contributed by atoms with Crippen molar-refractivity contribution in [3.8, 4) is 0 Å². The normalized spacial score (nSPS) is 16.5. The van der Waals surface area contributed by atoms with Crippen LogP contribution in [0.15, 0.2) is 24.3 Å². The minimum absolute atomic E-state index is 0.0639. The van der Waals surface area contributed by atoms with Gasteiger partial charge in [-0.05, 0) is 39.2 Å². The highest BCUT2D eigenvalue weighted by atomic mass is 19.3. The van der Waals surface area contributed by atoms with E-state index in [1.807, 2.05) is 13.8 Å². The highest BCUT2D eigenvalue weighted by Crippen LogP contribution is 2.35. The molecule has 1 aromatic rings. The first-order chi connectivity index (χ1) is 12.2. The van der Waals surface area contributed by atoms with Gasteiger partial charge in [-0.2, -0.15) is 0 Å². The number of piperidine rings is 1. The summed E-state index contributed by atoms with van der Waals surface area (Å²) in [7, 11) is 0. The highest BCUT2D eigenvalue weighted by Gasteiger charge is 2.38. The zero-order valence-electron chi connectivity index (χ0n) is 16.2. The van der Waals surface area contributed by atoms with E-state index in [9.17, 15) is 18.4 Å². The van der Waals surface area contributed by atoms with Crippen LogP contribution < -0.4 is 0 Å². The number of carbonyl (C=O) groups excluding carboxylic acids is 2. The van der Waals surface area contributed by atoms with E-state index in [1.54, 1.807) is 37.8 Å². The molecule has 146 valence electrons. The van der Waals surface area contributed by atoms with E-state index in [4.69, 9.17) is 4.74 Å². The number of ether oxygens (including phenoxy) is 1. The quantitative estimate of drug-likeness (QED) is 0.695. The van der Waals surface area contributed by atoms with Crippen LogP contribution in [-0.4, -0.2) is 36.0 Å². The number of benzene rings is 1. The summed E-state index contributed by atoms with van der Waals surface area (Å²) in [4.78, 5) is 25.4. The van der Waals surface area contributed by atoms with E-state index in [2.05, 4.69) is 0 Å². The number of halogens is 2. The van der Waals surface area contributed by atoms with Crippen molar-refractivity contribution in [1.82, 2.24) is 4.90 Å². The molecule has 0 bridgehead atoms. The zero-order chi connectivity index (χ0) is 20.0. The van der Waals surface area contributed by atoms with E-state index in [1.165, 1.54) is 12.1 Å². The van der Waals surface area contributed by atoms with Gasteiger partial charge in [0.1, 0.15) is 11.9 Å². The molecule has 1 fully saturated rings. The van der Waals surface area contributed by atoms with Crippen molar-refractivity contribution in [2.45, 2.75) is 64.9 Å². The number of alkyl halides is 2. The van der Waals surface area contributed by atoms with Gasteiger partial charge in [0, 0.05) is 18.7 Å². The SMILES string of the molecule is CC.CC(C)(C)OC(=O)N1CCC(C=O)(c2ccc(C(F)F)cc2)CC1. The lowest BCUT2D eigenvalue weighted by molar-refractivity contribution is -0.114. The number of nitrogens with zero attached hydrogens (tertiary/aromatic N) is 1. The van der Waals surface area contributed by atoms with Crippen LogP contribution in [0.3, 0.4) is 0 Å². The molecule has 1 aliphatic heterocycles. The van der Waals surface area contributed by atoms with Gasteiger partial charge >= 0.3 is 6.09 Å². The van der Waals surface area contributed by atoms with Gasteiger partial charge in [0.2, 0.25) is 0 Å². The molecule has 0 atom stereocenters. The number of aldehydes is 1. The fourth-order valence-electron chi connectivity index (χ4n) is 2.85. The summed E-state index contributed by atoms with van der Waals surface area (Å²) >= 11 is 0. The average molecular weight is 369 g/mol. The number of rotatable bonds is 3. The first kappa shape index (κ1) is 22.1. The molecule has 4 nitrogen and oxygen atoms in total. The Kier molecular flexibility index (Phi) is 7.72. The Hall–Kier alpha value is -1.98. The number of amides is 1. The van der Waals surface area contributed by atoms with Gasteiger partial charge in [-0.15, -0.1) is 0 Å². The summed E-state index contributed by atoms with van der Waals surface area (Å²) in [6.45, 7) is 10.2. The molecule has 2 rings (SSSR count). The third-order valence-electron chi connectivity index (χ3n) is 4.27. The summed E-state index contributed by atoms with van der Waals surface area (Å²) < 4.78 is 30.7. The molecule has 1 aromatic carbocycles. The number of likely N-dealkylation sites (tertiary alicyclic amines) is 1. The maximum absolute atomic E-state index is 12.7. The third-order valence-corrected chi connectivity index (χ3v) is 4.27. The molecule has 0 saturated carbocycles. The van der Waals surface area contributed by atoms with Gasteiger partial charge in [0.05, 0.1) is 5.41 Å². The predicted octanol–water partition coefficient (Wildman–Crippen LogP) is 5.12. The monoisotopic (exact) mass is 369 g/mol. The Bertz CT molecular complexity index is 586. The Morgan fingerprint density at radius 3 is 2.04 bits per heavy atom. The fraction of sp³-hybridized carbons (Fsp3) is 0.600. The largest absolute Gasteiger partial charge is 0.444 e. The second-order valence-electron chi connectivity index (χ2n) is 7.16. The smallest absolute Gasteiger partial charge is 0.410 e. The maximum atomic E-state index is 12.7. The highest BCUT2D eigenvalue weighted by molar-refractivity contribution is 5.72. The first-order valence-corrected chi connectivity index (χ1v) is 9.00. The third kappa shape index (κ3) is 5.51. The summed E-state index contributed by atoms with van der Waals surface area (Å²) in [5, 5.41) is 0. The molecule has 0 aliphatic carbocycles.